The fourth-order valence-corrected chi connectivity index (χ4v) is 1.51. The zero-order chi connectivity index (χ0) is 11.3. The van der Waals surface area contributed by atoms with Gasteiger partial charge in [0.2, 0.25) is 5.91 Å². The van der Waals surface area contributed by atoms with Crippen LogP contribution < -0.4 is 5.32 Å². The van der Waals surface area contributed by atoms with Crippen LogP contribution in [0.2, 0.25) is 0 Å². The first-order chi connectivity index (χ1) is 7.05. The summed E-state index contributed by atoms with van der Waals surface area (Å²) < 4.78 is 0. The lowest BCUT2D eigenvalue weighted by atomic mass is 9.93. The second-order valence-corrected chi connectivity index (χ2v) is 4.35. The molecule has 1 aliphatic carbocycles. The Hall–Kier alpha value is -0.870. The highest BCUT2D eigenvalue weighted by molar-refractivity contribution is 5.79. The van der Waals surface area contributed by atoms with Crippen LogP contribution in [0.5, 0.6) is 0 Å². The zero-order valence-corrected chi connectivity index (χ0v) is 9.07. The summed E-state index contributed by atoms with van der Waals surface area (Å²) in [7, 11) is 0. The first-order valence-corrected chi connectivity index (χ1v) is 5.31. The summed E-state index contributed by atoms with van der Waals surface area (Å²) in [6, 6.07) is 0. The number of carbonyl (C=O) groups is 1. The topological polar surface area (TPSA) is 69.6 Å². The summed E-state index contributed by atoms with van der Waals surface area (Å²) in [6.07, 6.45) is 6.66. The fraction of sp³-hybridized carbons (Fsp3) is 0.727. The number of hydrogen-bond acceptors (Lipinski definition) is 3. The molecule has 0 saturated heterocycles. The average molecular weight is 213 g/mol. The molecule has 1 rings (SSSR count). The van der Waals surface area contributed by atoms with Crippen molar-refractivity contribution in [1.82, 2.24) is 5.32 Å². The van der Waals surface area contributed by atoms with E-state index in [9.17, 15) is 9.90 Å². The molecule has 0 saturated carbocycles. The normalized spacial score (nSPS) is 24.6. The first-order valence-electron chi connectivity index (χ1n) is 5.31. The van der Waals surface area contributed by atoms with E-state index in [1.165, 1.54) is 6.92 Å². The van der Waals surface area contributed by atoms with E-state index in [2.05, 4.69) is 11.4 Å². The van der Waals surface area contributed by atoms with Gasteiger partial charge in [-0.2, -0.15) is 0 Å². The van der Waals surface area contributed by atoms with Crippen LogP contribution in [0, 0.1) is 5.92 Å². The summed E-state index contributed by atoms with van der Waals surface area (Å²) in [5.41, 5.74) is -1.22. The lowest BCUT2D eigenvalue weighted by molar-refractivity contribution is -0.126. The minimum Gasteiger partial charge on any atom is -0.393 e. The fourth-order valence-electron chi connectivity index (χ4n) is 1.51. The molecule has 1 amide bonds. The number of aliphatic hydroxyl groups excluding tert-OH is 1. The van der Waals surface area contributed by atoms with Gasteiger partial charge in [0.15, 0.2) is 0 Å². The van der Waals surface area contributed by atoms with E-state index in [4.69, 9.17) is 5.11 Å². The predicted molar refractivity (Wildman–Crippen MR) is 57.2 cm³/mol. The van der Waals surface area contributed by atoms with Crippen molar-refractivity contribution in [3.63, 3.8) is 0 Å². The maximum Gasteiger partial charge on any atom is 0.223 e. The van der Waals surface area contributed by atoms with Crippen molar-refractivity contribution < 1.29 is 15.0 Å². The number of carbonyl (C=O) groups excluding carboxylic acids is 1. The maximum atomic E-state index is 11.6. The number of allylic oxidation sites excluding steroid dienone is 2. The Morgan fingerprint density at radius 3 is 2.87 bits per heavy atom. The van der Waals surface area contributed by atoms with Crippen LogP contribution in [0.25, 0.3) is 0 Å². The number of hydrogen-bond donors (Lipinski definition) is 3. The molecule has 3 N–H and O–H groups in total. The molecular weight excluding hydrogens is 194 g/mol. The summed E-state index contributed by atoms with van der Waals surface area (Å²) in [5.74, 6) is -0.0161. The van der Waals surface area contributed by atoms with Crippen molar-refractivity contribution in [2.45, 2.75) is 31.8 Å². The van der Waals surface area contributed by atoms with Crippen molar-refractivity contribution in [2.75, 3.05) is 13.2 Å². The smallest absolute Gasteiger partial charge is 0.223 e. The van der Waals surface area contributed by atoms with Gasteiger partial charge in [0, 0.05) is 12.5 Å². The molecule has 1 aliphatic rings. The highest BCUT2D eigenvalue weighted by atomic mass is 16.3. The van der Waals surface area contributed by atoms with Gasteiger partial charge in [-0.05, 0) is 26.2 Å². The lowest BCUT2D eigenvalue weighted by Crippen LogP contribution is -2.45. The number of aliphatic hydroxyl groups is 2. The molecule has 0 bridgehead atoms. The molecule has 2 unspecified atom stereocenters. The quantitative estimate of drug-likeness (QED) is 0.584. The van der Waals surface area contributed by atoms with Crippen LogP contribution in [0.1, 0.15) is 26.2 Å². The van der Waals surface area contributed by atoms with E-state index < -0.39 is 5.60 Å². The molecule has 4 nitrogen and oxygen atoms in total. The first kappa shape index (κ1) is 12.2. The SMILES string of the molecule is CC(O)(CO)CNC(=O)C1CC=CCC1. The highest BCUT2D eigenvalue weighted by Crippen LogP contribution is 2.18. The molecule has 0 radical (unpaired) electrons. The standard InChI is InChI=1S/C11H19NO3/c1-11(15,8-13)7-12-10(14)9-5-3-2-4-6-9/h2-3,9,13,15H,4-8H2,1H3,(H,12,14). The minimum absolute atomic E-state index is 0.0180. The van der Waals surface area contributed by atoms with Gasteiger partial charge in [-0.25, -0.2) is 0 Å². The Labute approximate surface area is 90.0 Å². The molecular formula is C11H19NO3. The number of rotatable bonds is 4. The Morgan fingerprint density at radius 1 is 1.60 bits per heavy atom. The van der Waals surface area contributed by atoms with Gasteiger partial charge in [-0.1, -0.05) is 12.2 Å². The Bertz CT molecular complexity index is 248. The average Bonchev–Trinajstić information content (AvgIpc) is 2.27. The van der Waals surface area contributed by atoms with E-state index >= 15 is 0 Å². The molecule has 2 atom stereocenters. The Balaban J connectivity index is 2.32. The van der Waals surface area contributed by atoms with Gasteiger partial charge in [-0.15, -0.1) is 0 Å². The third-order valence-electron chi connectivity index (χ3n) is 2.62. The Kier molecular flexibility index (Phi) is 4.29. The summed E-state index contributed by atoms with van der Waals surface area (Å²) in [5, 5.41) is 21.0. The van der Waals surface area contributed by atoms with E-state index in [-0.39, 0.29) is 25.0 Å². The molecule has 0 fully saturated rings. The molecule has 0 aromatic rings. The number of amides is 1. The molecule has 86 valence electrons. The maximum absolute atomic E-state index is 11.6. The third-order valence-corrected chi connectivity index (χ3v) is 2.62. The van der Waals surface area contributed by atoms with Crippen molar-refractivity contribution in [1.29, 1.82) is 0 Å². The summed E-state index contributed by atoms with van der Waals surface area (Å²) in [4.78, 5) is 11.6. The van der Waals surface area contributed by atoms with Crippen LogP contribution in [-0.2, 0) is 4.79 Å². The second-order valence-electron chi connectivity index (χ2n) is 4.35. The molecule has 0 aliphatic heterocycles. The van der Waals surface area contributed by atoms with Crippen LogP contribution >= 0.6 is 0 Å². The van der Waals surface area contributed by atoms with E-state index in [0.29, 0.717) is 0 Å². The van der Waals surface area contributed by atoms with E-state index in [0.717, 1.165) is 19.3 Å². The monoisotopic (exact) mass is 213 g/mol. The largest absolute Gasteiger partial charge is 0.393 e. The van der Waals surface area contributed by atoms with Gasteiger partial charge in [0.05, 0.1) is 6.61 Å². The predicted octanol–water partition coefficient (Wildman–Crippen LogP) is 0.202. The molecule has 0 heterocycles. The van der Waals surface area contributed by atoms with Crippen LogP contribution in [0.15, 0.2) is 12.2 Å². The van der Waals surface area contributed by atoms with Crippen LogP contribution in [-0.4, -0.2) is 34.9 Å². The second kappa shape index (κ2) is 5.28. The molecule has 0 spiro atoms. The van der Waals surface area contributed by atoms with Gasteiger partial charge in [-0.3, -0.25) is 4.79 Å². The molecule has 4 heteroatoms. The molecule has 0 aromatic carbocycles. The van der Waals surface area contributed by atoms with Crippen molar-refractivity contribution in [2.24, 2.45) is 5.92 Å². The van der Waals surface area contributed by atoms with Crippen molar-refractivity contribution in [3.8, 4) is 0 Å². The van der Waals surface area contributed by atoms with Crippen LogP contribution in [0.3, 0.4) is 0 Å². The van der Waals surface area contributed by atoms with Crippen molar-refractivity contribution >= 4 is 5.91 Å². The summed E-state index contributed by atoms with van der Waals surface area (Å²) in [6.45, 7) is 1.24. The van der Waals surface area contributed by atoms with Gasteiger partial charge >= 0.3 is 0 Å². The summed E-state index contributed by atoms with van der Waals surface area (Å²) >= 11 is 0. The highest BCUT2D eigenvalue weighted by Gasteiger charge is 2.23. The van der Waals surface area contributed by atoms with E-state index in [1.807, 2.05) is 6.08 Å². The van der Waals surface area contributed by atoms with Gasteiger partial charge in [0.25, 0.3) is 0 Å². The number of nitrogens with one attached hydrogen (secondary N) is 1. The molecule has 15 heavy (non-hydrogen) atoms. The van der Waals surface area contributed by atoms with Crippen molar-refractivity contribution in [3.05, 3.63) is 12.2 Å². The van der Waals surface area contributed by atoms with Gasteiger partial charge in [0.1, 0.15) is 5.60 Å². The van der Waals surface area contributed by atoms with E-state index in [1.54, 1.807) is 0 Å². The molecule has 0 aromatic heterocycles. The Morgan fingerprint density at radius 2 is 2.33 bits per heavy atom. The van der Waals surface area contributed by atoms with Gasteiger partial charge < -0.3 is 15.5 Å². The minimum atomic E-state index is -1.22. The third kappa shape index (κ3) is 4.01. The zero-order valence-electron chi connectivity index (χ0n) is 9.07. The lowest BCUT2D eigenvalue weighted by Gasteiger charge is -2.23. The van der Waals surface area contributed by atoms with Crippen LogP contribution in [0.4, 0.5) is 0 Å².